The number of nitrogens with one attached hydrogen (secondary N) is 2. The Morgan fingerprint density at radius 1 is 1.31 bits per heavy atom. The molecule has 1 aromatic carbocycles. The molecule has 0 aromatic heterocycles. The molecule has 1 aliphatic carbocycles. The van der Waals surface area contributed by atoms with Crippen molar-refractivity contribution in [2.24, 2.45) is 0 Å². The number of amides is 2. The Bertz CT molecular complexity index is 405. The molecule has 16 heavy (non-hydrogen) atoms. The fourth-order valence-electron chi connectivity index (χ4n) is 1.49. The number of anilines is 1. The van der Waals surface area contributed by atoms with Crippen LogP contribution in [0.2, 0.25) is 0 Å². The van der Waals surface area contributed by atoms with Crippen LogP contribution in [0.3, 0.4) is 0 Å². The molecule has 0 aliphatic heterocycles. The summed E-state index contributed by atoms with van der Waals surface area (Å²) >= 11 is 0. The van der Waals surface area contributed by atoms with Crippen LogP contribution in [0.25, 0.3) is 0 Å². The van der Waals surface area contributed by atoms with E-state index in [4.69, 9.17) is 0 Å². The second-order valence-electron chi connectivity index (χ2n) is 3.85. The molecule has 1 saturated carbocycles. The normalized spacial score (nSPS) is 15.4. The highest BCUT2D eigenvalue weighted by Crippen LogP contribution is 2.19. The van der Waals surface area contributed by atoms with Crippen LogP contribution in [0, 0.1) is 11.6 Å². The van der Waals surface area contributed by atoms with Crippen LogP contribution < -0.4 is 10.6 Å². The lowest BCUT2D eigenvalue weighted by atomic mass is 9.93. The highest BCUT2D eigenvalue weighted by molar-refractivity contribution is 5.89. The largest absolute Gasteiger partial charge is 0.335 e. The van der Waals surface area contributed by atoms with E-state index in [1.807, 2.05) is 0 Å². The molecule has 0 saturated heterocycles. The van der Waals surface area contributed by atoms with Crippen LogP contribution in [0.1, 0.15) is 19.3 Å². The zero-order valence-electron chi connectivity index (χ0n) is 8.59. The number of hydrogen-bond donors (Lipinski definition) is 2. The predicted octanol–water partition coefficient (Wildman–Crippen LogP) is 2.64. The van der Waals surface area contributed by atoms with Crippen molar-refractivity contribution in [2.75, 3.05) is 5.32 Å². The number of halogens is 2. The van der Waals surface area contributed by atoms with E-state index in [1.54, 1.807) is 0 Å². The summed E-state index contributed by atoms with van der Waals surface area (Å²) in [6.07, 6.45) is 3.02. The Kier molecular flexibility index (Phi) is 3.03. The van der Waals surface area contributed by atoms with Gasteiger partial charge in [-0.25, -0.2) is 13.6 Å². The molecule has 5 heteroatoms. The van der Waals surface area contributed by atoms with Crippen molar-refractivity contribution in [1.29, 1.82) is 0 Å². The molecule has 0 atom stereocenters. The minimum Gasteiger partial charge on any atom is -0.335 e. The summed E-state index contributed by atoms with van der Waals surface area (Å²) < 4.78 is 25.8. The van der Waals surface area contributed by atoms with E-state index in [0.29, 0.717) is 0 Å². The van der Waals surface area contributed by atoms with Crippen LogP contribution >= 0.6 is 0 Å². The average Bonchev–Trinajstić information content (AvgIpc) is 2.16. The molecule has 1 fully saturated rings. The number of carbonyl (C=O) groups is 1. The lowest BCUT2D eigenvalue weighted by Crippen LogP contribution is -2.41. The van der Waals surface area contributed by atoms with Gasteiger partial charge in [0.1, 0.15) is 11.6 Å². The van der Waals surface area contributed by atoms with Gasteiger partial charge in [0.05, 0.1) is 5.69 Å². The minimum absolute atomic E-state index is 0.0155. The van der Waals surface area contributed by atoms with Gasteiger partial charge in [-0.2, -0.15) is 0 Å². The summed E-state index contributed by atoms with van der Waals surface area (Å²) in [6, 6.07) is 2.77. The molecule has 86 valence electrons. The van der Waals surface area contributed by atoms with Gasteiger partial charge in [-0.15, -0.1) is 0 Å². The first kappa shape index (κ1) is 10.9. The predicted molar refractivity (Wildman–Crippen MR) is 56.2 cm³/mol. The molecule has 0 bridgehead atoms. The molecular formula is C11H12F2N2O. The van der Waals surface area contributed by atoms with Gasteiger partial charge in [-0.05, 0) is 31.4 Å². The quantitative estimate of drug-likeness (QED) is 0.799. The third-order valence-corrected chi connectivity index (χ3v) is 2.62. The van der Waals surface area contributed by atoms with Crippen LogP contribution in [0.4, 0.5) is 19.3 Å². The Balaban J connectivity index is 1.94. The van der Waals surface area contributed by atoms with Crippen LogP contribution in [-0.2, 0) is 0 Å². The van der Waals surface area contributed by atoms with Gasteiger partial charge in [0, 0.05) is 12.1 Å². The van der Waals surface area contributed by atoms with Crippen molar-refractivity contribution in [1.82, 2.24) is 5.32 Å². The van der Waals surface area contributed by atoms with E-state index < -0.39 is 17.7 Å². The Morgan fingerprint density at radius 2 is 2.06 bits per heavy atom. The number of carbonyl (C=O) groups excluding carboxylic acids is 1. The number of benzene rings is 1. The van der Waals surface area contributed by atoms with E-state index in [9.17, 15) is 13.6 Å². The van der Waals surface area contributed by atoms with E-state index in [0.717, 1.165) is 31.4 Å². The molecule has 1 aliphatic rings. The van der Waals surface area contributed by atoms with E-state index >= 15 is 0 Å². The highest BCUT2D eigenvalue weighted by Gasteiger charge is 2.19. The lowest BCUT2D eigenvalue weighted by Gasteiger charge is -2.26. The molecule has 2 rings (SSSR count). The van der Waals surface area contributed by atoms with Crippen LogP contribution in [0.15, 0.2) is 18.2 Å². The molecule has 1 aromatic rings. The molecule has 2 amide bonds. The van der Waals surface area contributed by atoms with Gasteiger partial charge in [-0.1, -0.05) is 0 Å². The van der Waals surface area contributed by atoms with Crippen molar-refractivity contribution in [3.63, 3.8) is 0 Å². The Hall–Kier alpha value is -1.65. The topological polar surface area (TPSA) is 41.1 Å². The van der Waals surface area contributed by atoms with Crippen molar-refractivity contribution >= 4 is 11.7 Å². The molecule has 3 nitrogen and oxygen atoms in total. The maximum Gasteiger partial charge on any atom is 0.319 e. The van der Waals surface area contributed by atoms with E-state index in [1.165, 1.54) is 6.07 Å². The first-order valence-corrected chi connectivity index (χ1v) is 5.18. The summed E-state index contributed by atoms with van der Waals surface area (Å²) in [5.74, 6) is -1.44. The molecule has 0 heterocycles. The summed E-state index contributed by atoms with van der Waals surface area (Å²) in [5, 5.41) is 5.04. The van der Waals surface area contributed by atoms with Gasteiger partial charge in [-0.3, -0.25) is 0 Å². The summed E-state index contributed by atoms with van der Waals surface area (Å²) in [4.78, 5) is 11.4. The minimum atomic E-state index is -0.774. The van der Waals surface area contributed by atoms with Gasteiger partial charge in [0.2, 0.25) is 0 Å². The SMILES string of the molecule is O=C(Nc1ccc(F)cc1F)NC1CCC1. The van der Waals surface area contributed by atoms with Crippen LogP contribution in [0.5, 0.6) is 0 Å². The first-order chi connectivity index (χ1) is 7.65. The van der Waals surface area contributed by atoms with Gasteiger partial charge in [0.25, 0.3) is 0 Å². The summed E-state index contributed by atoms with van der Waals surface area (Å²) in [5.41, 5.74) is -0.0155. The highest BCUT2D eigenvalue weighted by atomic mass is 19.1. The first-order valence-electron chi connectivity index (χ1n) is 5.18. The maximum absolute atomic E-state index is 13.2. The van der Waals surface area contributed by atoms with Crippen molar-refractivity contribution in [3.05, 3.63) is 29.8 Å². The number of rotatable bonds is 2. The molecule has 0 spiro atoms. The third kappa shape index (κ3) is 2.48. The molecule has 0 unspecified atom stereocenters. The van der Waals surface area contributed by atoms with E-state index in [2.05, 4.69) is 10.6 Å². The van der Waals surface area contributed by atoms with Crippen molar-refractivity contribution in [2.45, 2.75) is 25.3 Å². The van der Waals surface area contributed by atoms with Crippen molar-refractivity contribution < 1.29 is 13.6 Å². The number of urea groups is 1. The Labute approximate surface area is 91.8 Å². The zero-order chi connectivity index (χ0) is 11.5. The Morgan fingerprint density at radius 3 is 2.62 bits per heavy atom. The molecule has 0 radical (unpaired) electrons. The average molecular weight is 226 g/mol. The fourth-order valence-corrected chi connectivity index (χ4v) is 1.49. The smallest absolute Gasteiger partial charge is 0.319 e. The standard InChI is InChI=1S/C11H12F2N2O/c12-7-4-5-10(9(13)6-7)15-11(16)14-8-2-1-3-8/h4-6,8H,1-3H2,(H2,14,15,16). The molecular weight excluding hydrogens is 214 g/mol. The van der Waals surface area contributed by atoms with Gasteiger partial charge in [0.15, 0.2) is 0 Å². The second kappa shape index (κ2) is 4.47. The lowest BCUT2D eigenvalue weighted by molar-refractivity contribution is 0.240. The summed E-state index contributed by atoms with van der Waals surface area (Å²) in [7, 11) is 0. The summed E-state index contributed by atoms with van der Waals surface area (Å²) in [6.45, 7) is 0. The van der Waals surface area contributed by atoms with Crippen LogP contribution in [-0.4, -0.2) is 12.1 Å². The van der Waals surface area contributed by atoms with Gasteiger partial charge < -0.3 is 10.6 Å². The maximum atomic E-state index is 13.2. The monoisotopic (exact) mass is 226 g/mol. The fraction of sp³-hybridized carbons (Fsp3) is 0.364. The zero-order valence-corrected chi connectivity index (χ0v) is 8.59. The third-order valence-electron chi connectivity index (χ3n) is 2.62. The molecule has 2 N–H and O–H groups in total. The second-order valence-corrected chi connectivity index (χ2v) is 3.85. The van der Waals surface area contributed by atoms with Crippen molar-refractivity contribution in [3.8, 4) is 0 Å². The van der Waals surface area contributed by atoms with Gasteiger partial charge >= 0.3 is 6.03 Å². The number of hydrogen-bond acceptors (Lipinski definition) is 1. The van der Waals surface area contributed by atoms with E-state index in [-0.39, 0.29) is 11.7 Å².